The monoisotopic (exact) mass is 329 g/mol. The van der Waals surface area contributed by atoms with Crippen LogP contribution in [0.2, 0.25) is 0 Å². The molecular formula is C17H16FN3O3. The number of amides is 2. The summed E-state index contributed by atoms with van der Waals surface area (Å²) < 4.78 is 17.7. The number of hydrogen-bond acceptors (Lipinski definition) is 4. The fourth-order valence-corrected chi connectivity index (χ4v) is 1.77. The predicted molar refractivity (Wildman–Crippen MR) is 87.5 cm³/mol. The molecule has 0 aliphatic carbocycles. The average Bonchev–Trinajstić information content (AvgIpc) is 2.61. The zero-order valence-electron chi connectivity index (χ0n) is 13.0. The summed E-state index contributed by atoms with van der Waals surface area (Å²) in [7, 11) is 1.53. The summed E-state index contributed by atoms with van der Waals surface area (Å²) in [4.78, 5) is 23.5. The Morgan fingerprint density at radius 2 is 1.79 bits per heavy atom. The molecule has 0 atom stereocenters. The van der Waals surface area contributed by atoms with Crippen LogP contribution in [-0.4, -0.2) is 31.7 Å². The van der Waals surface area contributed by atoms with E-state index in [0.29, 0.717) is 16.9 Å². The minimum Gasteiger partial charge on any atom is -0.497 e. The summed E-state index contributed by atoms with van der Waals surface area (Å²) >= 11 is 0. The highest BCUT2D eigenvalue weighted by Gasteiger charge is 2.07. The zero-order valence-corrected chi connectivity index (χ0v) is 13.0. The molecule has 6 nitrogen and oxygen atoms in total. The van der Waals surface area contributed by atoms with Crippen LogP contribution in [0.25, 0.3) is 0 Å². The molecule has 0 bridgehead atoms. The van der Waals surface area contributed by atoms with Gasteiger partial charge in [0.1, 0.15) is 11.6 Å². The molecule has 2 aromatic rings. The van der Waals surface area contributed by atoms with Crippen molar-refractivity contribution in [2.24, 2.45) is 5.10 Å². The van der Waals surface area contributed by atoms with Gasteiger partial charge in [-0.15, -0.1) is 0 Å². The Labute approximate surface area is 138 Å². The van der Waals surface area contributed by atoms with Crippen molar-refractivity contribution in [3.8, 4) is 5.75 Å². The van der Waals surface area contributed by atoms with Crippen molar-refractivity contribution in [2.45, 2.75) is 0 Å². The molecule has 2 aromatic carbocycles. The number of halogens is 1. The van der Waals surface area contributed by atoms with Crippen molar-refractivity contribution in [1.82, 2.24) is 10.7 Å². The normalized spacial score (nSPS) is 10.4. The lowest BCUT2D eigenvalue weighted by molar-refractivity contribution is -0.120. The lowest BCUT2D eigenvalue weighted by Crippen LogP contribution is -2.34. The first-order valence-corrected chi connectivity index (χ1v) is 7.08. The van der Waals surface area contributed by atoms with Crippen LogP contribution in [0.4, 0.5) is 4.39 Å². The molecule has 2 rings (SSSR count). The largest absolute Gasteiger partial charge is 0.497 e. The Morgan fingerprint density at radius 1 is 1.12 bits per heavy atom. The van der Waals surface area contributed by atoms with Gasteiger partial charge in [0.05, 0.1) is 19.9 Å². The van der Waals surface area contributed by atoms with Crippen molar-refractivity contribution >= 4 is 18.0 Å². The van der Waals surface area contributed by atoms with Crippen LogP contribution < -0.4 is 15.5 Å². The van der Waals surface area contributed by atoms with E-state index in [2.05, 4.69) is 15.8 Å². The van der Waals surface area contributed by atoms with E-state index in [0.717, 1.165) is 0 Å². The smallest absolute Gasteiger partial charge is 0.259 e. The molecule has 124 valence electrons. The van der Waals surface area contributed by atoms with Gasteiger partial charge in [0, 0.05) is 5.56 Å². The molecule has 0 heterocycles. The molecule has 0 saturated carbocycles. The number of hydrogen-bond donors (Lipinski definition) is 2. The maximum absolute atomic E-state index is 12.7. The molecular weight excluding hydrogens is 313 g/mol. The summed E-state index contributed by atoms with van der Waals surface area (Å²) in [6.45, 7) is -0.217. The molecule has 0 aliphatic heterocycles. The van der Waals surface area contributed by atoms with Crippen LogP contribution >= 0.6 is 0 Å². The molecule has 0 saturated heterocycles. The number of carbonyl (C=O) groups is 2. The highest BCUT2D eigenvalue weighted by Crippen LogP contribution is 2.10. The lowest BCUT2D eigenvalue weighted by Gasteiger charge is -2.05. The molecule has 7 heteroatoms. The van der Waals surface area contributed by atoms with Gasteiger partial charge in [0.25, 0.3) is 11.8 Å². The lowest BCUT2D eigenvalue weighted by atomic mass is 10.2. The summed E-state index contributed by atoms with van der Waals surface area (Å²) in [6, 6.07) is 12.1. The second-order valence-electron chi connectivity index (χ2n) is 4.76. The number of benzene rings is 2. The van der Waals surface area contributed by atoms with Crippen molar-refractivity contribution in [3.05, 3.63) is 65.5 Å². The number of ether oxygens (including phenoxy) is 1. The van der Waals surface area contributed by atoms with E-state index in [1.165, 1.54) is 37.6 Å². The summed E-state index contributed by atoms with van der Waals surface area (Å²) in [5.74, 6) is -0.567. The first kappa shape index (κ1) is 17.1. The highest BCUT2D eigenvalue weighted by molar-refractivity contribution is 5.96. The number of rotatable bonds is 6. The second-order valence-corrected chi connectivity index (χ2v) is 4.76. The number of carbonyl (C=O) groups excluding carboxylic acids is 2. The fourth-order valence-electron chi connectivity index (χ4n) is 1.77. The topological polar surface area (TPSA) is 79.8 Å². The number of hydrazone groups is 1. The molecule has 2 amide bonds. The first-order valence-electron chi connectivity index (χ1n) is 7.08. The predicted octanol–water partition coefficient (Wildman–Crippen LogP) is 1.71. The van der Waals surface area contributed by atoms with Crippen molar-refractivity contribution in [1.29, 1.82) is 0 Å². The Bertz CT molecular complexity index is 728. The summed E-state index contributed by atoms with van der Waals surface area (Å²) in [5.41, 5.74) is 3.33. The highest BCUT2D eigenvalue weighted by atomic mass is 19.1. The van der Waals surface area contributed by atoms with Gasteiger partial charge >= 0.3 is 0 Å². The minimum atomic E-state index is -0.477. The van der Waals surface area contributed by atoms with Gasteiger partial charge in [-0.05, 0) is 42.0 Å². The molecule has 2 N–H and O–H groups in total. The first-order chi connectivity index (χ1) is 11.6. The number of nitrogens with zero attached hydrogens (tertiary/aromatic N) is 1. The van der Waals surface area contributed by atoms with E-state index in [1.54, 1.807) is 24.3 Å². The van der Waals surface area contributed by atoms with Crippen LogP contribution in [0.1, 0.15) is 15.9 Å². The zero-order chi connectivity index (χ0) is 17.4. The van der Waals surface area contributed by atoms with Crippen molar-refractivity contribution in [3.63, 3.8) is 0 Å². The van der Waals surface area contributed by atoms with Crippen LogP contribution in [0.15, 0.2) is 53.6 Å². The Kier molecular flexibility index (Phi) is 6.01. The Hall–Kier alpha value is -3.22. The van der Waals surface area contributed by atoms with Gasteiger partial charge in [0.15, 0.2) is 0 Å². The standard InChI is InChI=1S/C17H16FN3O3/c1-24-15-8-4-13(5-9-15)17(23)19-11-16(22)21-20-10-12-2-6-14(18)7-3-12/h2-10H,11H2,1H3,(H,19,23)(H,21,22)/b20-10-. The molecule has 24 heavy (non-hydrogen) atoms. The van der Waals surface area contributed by atoms with E-state index >= 15 is 0 Å². The van der Waals surface area contributed by atoms with E-state index in [-0.39, 0.29) is 18.3 Å². The van der Waals surface area contributed by atoms with Gasteiger partial charge in [-0.2, -0.15) is 5.10 Å². The third-order valence-electron chi connectivity index (χ3n) is 3.03. The van der Waals surface area contributed by atoms with Gasteiger partial charge < -0.3 is 10.1 Å². The number of methoxy groups -OCH3 is 1. The average molecular weight is 329 g/mol. The molecule has 0 spiro atoms. The fraction of sp³-hybridized carbons (Fsp3) is 0.118. The minimum absolute atomic E-state index is 0.217. The summed E-state index contributed by atoms with van der Waals surface area (Å²) in [6.07, 6.45) is 1.38. The number of nitrogens with one attached hydrogen (secondary N) is 2. The molecule has 0 aromatic heterocycles. The molecule has 0 radical (unpaired) electrons. The van der Waals surface area contributed by atoms with E-state index < -0.39 is 5.91 Å². The molecule has 0 aliphatic rings. The van der Waals surface area contributed by atoms with Gasteiger partial charge in [-0.25, -0.2) is 9.82 Å². The third kappa shape index (κ3) is 5.20. The molecule has 0 fully saturated rings. The van der Waals surface area contributed by atoms with Gasteiger partial charge in [0.2, 0.25) is 0 Å². The van der Waals surface area contributed by atoms with E-state index in [1.807, 2.05) is 0 Å². The Morgan fingerprint density at radius 3 is 2.42 bits per heavy atom. The van der Waals surface area contributed by atoms with E-state index in [9.17, 15) is 14.0 Å². The SMILES string of the molecule is COc1ccc(C(=O)NCC(=O)N/N=C\c2ccc(F)cc2)cc1. The van der Waals surface area contributed by atoms with Gasteiger partial charge in [-0.3, -0.25) is 9.59 Å². The quantitative estimate of drug-likeness (QED) is 0.625. The van der Waals surface area contributed by atoms with Crippen LogP contribution in [0, 0.1) is 5.82 Å². The van der Waals surface area contributed by atoms with Crippen LogP contribution in [-0.2, 0) is 4.79 Å². The summed E-state index contributed by atoms with van der Waals surface area (Å²) in [5, 5.41) is 6.21. The van der Waals surface area contributed by atoms with Crippen molar-refractivity contribution in [2.75, 3.05) is 13.7 Å². The third-order valence-corrected chi connectivity index (χ3v) is 3.03. The van der Waals surface area contributed by atoms with E-state index in [4.69, 9.17) is 4.74 Å². The van der Waals surface area contributed by atoms with Crippen LogP contribution in [0.5, 0.6) is 5.75 Å². The maximum atomic E-state index is 12.7. The van der Waals surface area contributed by atoms with Crippen LogP contribution in [0.3, 0.4) is 0 Å². The second kappa shape index (κ2) is 8.42. The van der Waals surface area contributed by atoms with Gasteiger partial charge in [-0.1, -0.05) is 12.1 Å². The molecule has 0 unspecified atom stereocenters. The van der Waals surface area contributed by atoms with Crippen molar-refractivity contribution < 1.29 is 18.7 Å². The Balaban J connectivity index is 1.77. The maximum Gasteiger partial charge on any atom is 0.259 e.